The highest BCUT2D eigenvalue weighted by atomic mass is 16.8. The summed E-state index contributed by atoms with van der Waals surface area (Å²) in [5.74, 6) is -1.43. The third kappa shape index (κ3) is 2.84. The van der Waals surface area contributed by atoms with Gasteiger partial charge in [0.2, 0.25) is 0 Å². The Hall–Kier alpha value is -0.240. The minimum atomic E-state index is -0.733. The first-order chi connectivity index (χ1) is 8.24. The molecule has 0 spiro atoms. The molecule has 0 unspecified atom stereocenters. The van der Waals surface area contributed by atoms with E-state index in [9.17, 15) is 5.11 Å². The van der Waals surface area contributed by atoms with E-state index >= 15 is 0 Å². The number of aliphatic hydroxyl groups excluding tert-OH is 1. The molecule has 2 heterocycles. The summed E-state index contributed by atoms with van der Waals surface area (Å²) in [5.41, 5.74) is 6.02. The van der Waals surface area contributed by atoms with Gasteiger partial charge in [-0.1, -0.05) is 0 Å². The van der Waals surface area contributed by atoms with E-state index in [4.69, 9.17) is 24.7 Å². The van der Waals surface area contributed by atoms with Gasteiger partial charge in [0.1, 0.15) is 18.3 Å². The average Bonchev–Trinajstić information content (AvgIpc) is 2.57. The summed E-state index contributed by atoms with van der Waals surface area (Å²) < 4.78 is 22.8. The molecule has 0 aromatic heterocycles. The molecule has 0 bridgehead atoms. The zero-order chi connectivity index (χ0) is 13.6. The van der Waals surface area contributed by atoms with E-state index in [2.05, 4.69) is 0 Å². The van der Waals surface area contributed by atoms with Crippen LogP contribution in [0.5, 0.6) is 0 Å². The average molecular weight is 261 g/mol. The van der Waals surface area contributed by atoms with Crippen molar-refractivity contribution in [2.45, 2.75) is 63.6 Å². The summed E-state index contributed by atoms with van der Waals surface area (Å²) in [5, 5.41) is 9.38. The standard InChI is InChI=1S/C12H23NO5/c1-11(2)15-6-7(13)9(17-11)10-8(5-14)16-12(3,4)18-10/h7-10,14H,5-6,13H2,1-4H3/t7-,8+,9+,10-/m1/s1. The maximum Gasteiger partial charge on any atom is 0.164 e. The summed E-state index contributed by atoms with van der Waals surface area (Å²) >= 11 is 0. The lowest BCUT2D eigenvalue weighted by atomic mass is 10.0. The van der Waals surface area contributed by atoms with E-state index in [0.717, 1.165) is 0 Å². The van der Waals surface area contributed by atoms with E-state index in [1.165, 1.54) is 0 Å². The summed E-state index contributed by atoms with van der Waals surface area (Å²) in [6.45, 7) is 7.57. The molecule has 2 fully saturated rings. The fraction of sp³-hybridized carbons (Fsp3) is 1.00. The van der Waals surface area contributed by atoms with Crippen LogP contribution in [0.15, 0.2) is 0 Å². The van der Waals surface area contributed by atoms with Crippen molar-refractivity contribution in [2.75, 3.05) is 13.2 Å². The minimum Gasteiger partial charge on any atom is -0.394 e. The lowest BCUT2D eigenvalue weighted by Crippen LogP contribution is -2.59. The summed E-state index contributed by atoms with van der Waals surface area (Å²) in [4.78, 5) is 0. The summed E-state index contributed by atoms with van der Waals surface area (Å²) in [6, 6.07) is -0.297. The molecule has 2 aliphatic rings. The van der Waals surface area contributed by atoms with Gasteiger partial charge in [-0.25, -0.2) is 0 Å². The first-order valence-electron chi connectivity index (χ1n) is 6.28. The van der Waals surface area contributed by atoms with Crippen molar-refractivity contribution in [1.82, 2.24) is 0 Å². The van der Waals surface area contributed by atoms with E-state index in [1.54, 1.807) is 0 Å². The predicted octanol–water partition coefficient (Wildman–Crippen LogP) is -0.0224. The van der Waals surface area contributed by atoms with Gasteiger partial charge in [-0.15, -0.1) is 0 Å². The maximum atomic E-state index is 9.38. The monoisotopic (exact) mass is 261 g/mol. The lowest BCUT2D eigenvalue weighted by molar-refractivity contribution is -0.299. The smallest absolute Gasteiger partial charge is 0.164 e. The number of ether oxygens (including phenoxy) is 4. The van der Waals surface area contributed by atoms with Crippen LogP contribution in [-0.2, 0) is 18.9 Å². The Morgan fingerprint density at radius 3 is 2.28 bits per heavy atom. The Bertz CT molecular complexity index is 305. The highest BCUT2D eigenvalue weighted by molar-refractivity contribution is 4.94. The number of hydrogen-bond acceptors (Lipinski definition) is 6. The zero-order valence-electron chi connectivity index (χ0n) is 11.4. The number of nitrogens with two attached hydrogens (primary N) is 1. The molecular formula is C12H23NO5. The molecule has 4 atom stereocenters. The van der Waals surface area contributed by atoms with Crippen LogP contribution in [0.3, 0.4) is 0 Å². The van der Waals surface area contributed by atoms with Gasteiger partial charge in [-0.05, 0) is 27.7 Å². The second kappa shape index (κ2) is 4.70. The fourth-order valence-electron chi connectivity index (χ4n) is 2.43. The van der Waals surface area contributed by atoms with Crippen molar-refractivity contribution in [3.63, 3.8) is 0 Å². The zero-order valence-corrected chi connectivity index (χ0v) is 11.4. The normalized spacial score (nSPS) is 43.0. The van der Waals surface area contributed by atoms with Gasteiger partial charge in [-0.2, -0.15) is 0 Å². The van der Waals surface area contributed by atoms with Crippen molar-refractivity contribution >= 4 is 0 Å². The Labute approximate surface area is 107 Å². The molecule has 2 saturated heterocycles. The molecule has 0 aromatic rings. The van der Waals surface area contributed by atoms with E-state index in [1.807, 2.05) is 27.7 Å². The third-order valence-electron chi connectivity index (χ3n) is 3.19. The second-order valence-corrected chi connectivity index (χ2v) is 5.78. The van der Waals surface area contributed by atoms with Crippen LogP contribution in [0.2, 0.25) is 0 Å². The Balaban J connectivity index is 2.13. The van der Waals surface area contributed by atoms with Crippen molar-refractivity contribution in [3.05, 3.63) is 0 Å². The molecule has 2 aliphatic heterocycles. The van der Waals surface area contributed by atoms with Crippen LogP contribution in [0.25, 0.3) is 0 Å². The second-order valence-electron chi connectivity index (χ2n) is 5.78. The molecule has 0 amide bonds. The predicted molar refractivity (Wildman–Crippen MR) is 63.8 cm³/mol. The van der Waals surface area contributed by atoms with Gasteiger partial charge in [0, 0.05) is 0 Å². The molecular weight excluding hydrogens is 238 g/mol. The summed E-state index contributed by atoms with van der Waals surface area (Å²) in [7, 11) is 0. The molecule has 18 heavy (non-hydrogen) atoms. The topological polar surface area (TPSA) is 83.2 Å². The third-order valence-corrected chi connectivity index (χ3v) is 3.19. The van der Waals surface area contributed by atoms with Crippen LogP contribution in [0.4, 0.5) is 0 Å². The van der Waals surface area contributed by atoms with Gasteiger partial charge < -0.3 is 29.8 Å². The molecule has 6 heteroatoms. The molecule has 3 N–H and O–H groups in total. The van der Waals surface area contributed by atoms with Crippen molar-refractivity contribution < 1.29 is 24.1 Å². The largest absolute Gasteiger partial charge is 0.394 e. The minimum absolute atomic E-state index is 0.123. The SMILES string of the molecule is CC1(C)OC[C@@H](N)[C@@H]([C@@H]2OC(C)(C)O[C@H]2CO)O1. The van der Waals surface area contributed by atoms with E-state index in [-0.39, 0.29) is 24.9 Å². The van der Waals surface area contributed by atoms with Gasteiger partial charge in [0.15, 0.2) is 11.6 Å². The Kier molecular flexibility index (Phi) is 3.70. The molecule has 106 valence electrons. The quantitative estimate of drug-likeness (QED) is 0.727. The van der Waals surface area contributed by atoms with Gasteiger partial charge >= 0.3 is 0 Å². The Morgan fingerprint density at radius 1 is 1.06 bits per heavy atom. The van der Waals surface area contributed by atoms with E-state index in [0.29, 0.717) is 6.61 Å². The molecule has 0 saturated carbocycles. The van der Waals surface area contributed by atoms with Crippen LogP contribution in [0.1, 0.15) is 27.7 Å². The fourth-order valence-corrected chi connectivity index (χ4v) is 2.43. The molecule has 0 radical (unpaired) electrons. The van der Waals surface area contributed by atoms with Crippen molar-refractivity contribution in [1.29, 1.82) is 0 Å². The lowest BCUT2D eigenvalue weighted by Gasteiger charge is -2.42. The first-order valence-corrected chi connectivity index (χ1v) is 6.28. The van der Waals surface area contributed by atoms with Crippen LogP contribution in [-0.4, -0.2) is 54.2 Å². The number of aliphatic hydroxyl groups is 1. The van der Waals surface area contributed by atoms with Crippen molar-refractivity contribution in [3.8, 4) is 0 Å². The van der Waals surface area contributed by atoms with Gasteiger partial charge in [-0.3, -0.25) is 0 Å². The maximum absolute atomic E-state index is 9.38. The van der Waals surface area contributed by atoms with Gasteiger partial charge in [0.05, 0.1) is 19.3 Å². The number of rotatable bonds is 2. The highest BCUT2D eigenvalue weighted by Crippen LogP contribution is 2.34. The number of hydrogen-bond donors (Lipinski definition) is 2. The summed E-state index contributed by atoms with van der Waals surface area (Å²) in [6.07, 6.45) is -1.17. The van der Waals surface area contributed by atoms with Crippen molar-refractivity contribution in [2.24, 2.45) is 5.73 Å². The van der Waals surface area contributed by atoms with Crippen LogP contribution in [0, 0.1) is 0 Å². The Morgan fingerprint density at radius 2 is 1.67 bits per heavy atom. The molecule has 0 aromatic carbocycles. The van der Waals surface area contributed by atoms with Gasteiger partial charge in [0.25, 0.3) is 0 Å². The van der Waals surface area contributed by atoms with Crippen LogP contribution >= 0.6 is 0 Å². The van der Waals surface area contributed by atoms with E-state index < -0.39 is 17.7 Å². The molecule has 6 nitrogen and oxygen atoms in total. The highest BCUT2D eigenvalue weighted by Gasteiger charge is 2.50. The van der Waals surface area contributed by atoms with Crippen LogP contribution < -0.4 is 5.73 Å². The first kappa shape index (κ1) is 14.2. The molecule has 0 aliphatic carbocycles. The molecule has 2 rings (SSSR count).